The van der Waals surface area contributed by atoms with Crippen LogP contribution in [0.15, 0.2) is 18.2 Å². The van der Waals surface area contributed by atoms with Gasteiger partial charge in [-0.05, 0) is 31.0 Å². The highest BCUT2D eigenvalue weighted by atomic mass is 35.5. The van der Waals surface area contributed by atoms with E-state index in [-0.39, 0.29) is 11.6 Å². The summed E-state index contributed by atoms with van der Waals surface area (Å²) >= 11 is 5.96. The first-order valence-electron chi connectivity index (χ1n) is 5.66. The third-order valence-corrected chi connectivity index (χ3v) is 3.80. The van der Waals surface area contributed by atoms with Crippen molar-refractivity contribution in [2.75, 3.05) is 0 Å². The zero-order valence-corrected chi connectivity index (χ0v) is 10.7. The predicted octanol–water partition coefficient (Wildman–Crippen LogP) is 3.54. The van der Waals surface area contributed by atoms with Crippen molar-refractivity contribution in [2.45, 2.75) is 38.8 Å². The van der Waals surface area contributed by atoms with Crippen molar-refractivity contribution in [2.24, 2.45) is 11.7 Å². The molecule has 0 bridgehead atoms. The summed E-state index contributed by atoms with van der Waals surface area (Å²) in [5.74, 6) is 1.31. The smallest absolute Gasteiger partial charge is 0.125 e. The van der Waals surface area contributed by atoms with Gasteiger partial charge in [0.15, 0.2) is 0 Å². The molecule has 2 atom stereocenters. The highest BCUT2D eigenvalue weighted by molar-refractivity contribution is 6.30. The van der Waals surface area contributed by atoms with Crippen LogP contribution >= 0.6 is 11.6 Å². The van der Waals surface area contributed by atoms with E-state index in [9.17, 15) is 0 Å². The fraction of sp³-hybridized carbons (Fsp3) is 0.538. The lowest BCUT2D eigenvalue weighted by Gasteiger charge is -2.41. The molecule has 2 unspecified atom stereocenters. The number of fused-ring (bicyclic) bond motifs is 1. The minimum atomic E-state index is -0.180. The van der Waals surface area contributed by atoms with Gasteiger partial charge < -0.3 is 10.5 Å². The van der Waals surface area contributed by atoms with Crippen molar-refractivity contribution in [3.63, 3.8) is 0 Å². The van der Waals surface area contributed by atoms with E-state index in [1.807, 2.05) is 18.2 Å². The van der Waals surface area contributed by atoms with Crippen LogP contribution in [0.25, 0.3) is 0 Å². The van der Waals surface area contributed by atoms with Gasteiger partial charge in [0.1, 0.15) is 11.4 Å². The second-order valence-electron chi connectivity index (χ2n) is 5.06. The van der Waals surface area contributed by atoms with Crippen LogP contribution in [0, 0.1) is 5.92 Å². The number of hydrogen-bond donors (Lipinski definition) is 1. The van der Waals surface area contributed by atoms with Crippen molar-refractivity contribution < 1.29 is 4.74 Å². The van der Waals surface area contributed by atoms with Gasteiger partial charge in [-0.2, -0.15) is 0 Å². The number of benzene rings is 1. The quantitative estimate of drug-likeness (QED) is 0.814. The summed E-state index contributed by atoms with van der Waals surface area (Å²) < 4.78 is 6.07. The monoisotopic (exact) mass is 239 g/mol. The third-order valence-electron chi connectivity index (χ3n) is 3.56. The molecule has 1 aliphatic heterocycles. The molecule has 0 aromatic heterocycles. The largest absolute Gasteiger partial charge is 0.487 e. The molecule has 1 heterocycles. The van der Waals surface area contributed by atoms with Crippen LogP contribution < -0.4 is 10.5 Å². The van der Waals surface area contributed by atoms with Crippen molar-refractivity contribution in [1.29, 1.82) is 0 Å². The fourth-order valence-electron chi connectivity index (χ4n) is 2.10. The SMILES string of the molecule is CC(C)C1(C)CC(N)c2cc(Cl)ccc2O1. The lowest BCUT2D eigenvalue weighted by molar-refractivity contribution is 0.0108. The van der Waals surface area contributed by atoms with Gasteiger partial charge in [-0.15, -0.1) is 0 Å². The molecule has 16 heavy (non-hydrogen) atoms. The first kappa shape index (κ1) is 11.7. The molecule has 0 saturated heterocycles. The van der Waals surface area contributed by atoms with Crippen LogP contribution in [0.4, 0.5) is 0 Å². The van der Waals surface area contributed by atoms with E-state index >= 15 is 0 Å². The second kappa shape index (κ2) is 3.94. The Morgan fingerprint density at radius 2 is 2.19 bits per heavy atom. The summed E-state index contributed by atoms with van der Waals surface area (Å²) in [5.41, 5.74) is 7.03. The number of hydrogen-bond acceptors (Lipinski definition) is 2. The second-order valence-corrected chi connectivity index (χ2v) is 5.50. The molecule has 0 radical (unpaired) electrons. The first-order chi connectivity index (χ1) is 7.42. The van der Waals surface area contributed by atoms with Gasteiger partial charge in [0.2, 0.25) is 0 Å². The Morgan fingerprint density at radius 3 is 2.81 bits per heavy atom. The first-order valence-corrected chi connectivity index (χ1v) is 6.04. The summed E-state index contributed by atoms with van der Waals surface area (Å²) in [6.07, 6.45) is 0.831. The number of ether oxygens (including phenoxy) is 1. The van der Waals surface area contributed by atoms with E-state index in [4.69, 9.17) is 22.1 Å². The van der Waals surface area contributed by atoms with Crippen molar-refractivity contribution in [3.05, 3.63) is 28.8 Å². The normalized spacial score (nSPS) is 28.8. The van der Waals surface area contributed by atoms with Crippen LogP contribution in [0.2, 0.25) is 5.02 Å². The fourth-order valence-corrected chi connectivity index (χ4v) is 2.28. The molecule has 1 aromatic carbocycles. The molecule has 3 heteroatoms. The molecule has 0 aliphatic carbocycles. The third kappa shape index (κ3) is 1.92. The molecule has 1 aromatic rings. The van der Waals surface area contributed by atoms with Crippen molar-refractivity contribution in [1.82, 2.24) is 0 Å². The molecule has 2 nitrogen and oxygen atoms in total. The maximum Gasteiger partial charge on any atom is 0.125 e. The van der Waals surface area contributed by atoms with E-state index in [1.54, 1.807) is 0 Å². The van der Waals surface area contributed by atoms with Gasteiger partial charge in [-0.1, -0.05) is 25.4 Å². The van der Waals surface area contributed by atoms with E-state index in [0.29, 0.717) is 10.9 Å². The molecule has 2 rings (SSSR count). The highest BCUT2D eigenvalue weighted by Gasteiger charge is 2.38. The zero-order valence-electron chi connectivity index (χ0n) is 9.96. The van der Waals surface area contributed by atoms with Crippen LogP contribution in [0.3, 0.4) is 0 Å². The zero-order chi connectivity index (χ0) is 11.9. The van der Waals surface area contributed by atoms with E-state index < -0.39 is 0 Å². The summed E-state index contributed by atoms with van der Waals surface area (Å²) in [5, 5.41) is 0.714. The highest BCUT2D eigenvalue weighted by Crippen LogP contribution is 2.42. The molecular weight excluding hydrogens is 222 g/mol. The molecule has 0 spiro atoms. The molecule has 0 amide bonds. The lowest BCUT2D eigenvalue weighted by atomic mass is 9.81. The standard InChI is InChI=1S/C13H18ClNO/c1-8(2)13(3)7-11(15)10-6-9(14)4-5-12(10)16-13/h4-6,8,11H,7,15H2,1-3H3. The van der Waals surface area contributed by atoms with Gasteiger partial charge in [-0.25, -0.2) is 0 Å². The van der Waals surface area contributed by atoms with Crippen molar-refractivity contribution in [3.8, 4) is 5.75 Å². The molecule has 0 saturated carbocycles. The predicted molar refractivity (Wildman–Crippen MR) is 66.9 cm³/mol. The number of nitrogens with two attached hydrogens (primary N) is 1. The van der Waals surface area contributed by atoms with Gasteiger partial charge in [0.25, 0.3) is 0 Å². The van der Waals surface area contributed by atoms with Crippen LogP contribution in [-0.2, 0) is 0 Å². The maximum atomic E-state index is 6.19. The summed E-state index contributed by atoms with van der Waals surface area (Å²) in [6, 6.07) is 5.67. The molecular formula is C13H18ClNO. The Hall–Kier alpha value is -0.730. The molecule has 0 fully saturated rings. The summed E-state index contributed by atoms with van der Waals surface area (Å²) in [4.78, 5) is 0. The minimum absolute atomic E-state index is 0.00912. The average Bonchev–Trinajstić information content (AvgIpc) is 2.19. The minimum Gasteiger partial charge on any atom is -0.487 e. The molecule has 2 N–H and O–H groups in total. The average molecular weight is 240 g/mol. The van der Waals surface area contributed by atoms with Gasteiger partial charge in [0, 0.05) is 23.0 Å². The Balaban J connectivity index is 2.40. The Kier molecular flexibility index (Phi) is 2.89. The van der Waals surface area contributed by atoms with E-state index in [1.165, 1.54) is 0 Å². The van der Waals surface area contributed by atoms with Crippen LogP contribution in [0.1, 0.15) is 38.8 Å². The molecule has 88 valence electrons. The topological polar surface area (TPSA) is 35.2 Å². The molecule has 1 aliphatic rings. The number of halogens is 1. The lowest BCUT2D eigenvalue weighted by Crippen LogP contribution is -2.44. The van der Waals surface area contributed by atoms with Gasteiger partial charge in [0.05, 0.1) is 0 Å². The number of rotatable bonds is 1. The van der Waals surface area contributed by atoms with Crippen molar-refractivity contribution >= 4 is 11.6 Å². The summed E-state index contributed by atoms with van der Waals surface area (Å²) in [7, 11) is 0. The van der Waals surface area contributed by atoms with E-state index in [0.717, 1.165) is 17.7 Å². The van der Waals surface area contributed by atoms with Crippen LogP contribution in [-0.4, -0.2) is 5.60 Å². The van der Waals surface area contributed by atoms with Crippen LogP contribution in [0.5, 0.6) is 5.75 Å². The Bertz CT molecular complexity index is 405. The van der Waals surface area contributed by atoms with E-state index in [2.05, 4.69) is 20.8 Å². The maximum absolute atomic E-state index is 6.19. The Morgan fingerprint density at radius 1 is 1.50 bits per heavy atom. The van der Waals surface area contributed by atoms with Gasteiger partial charge >= 0.3 is 0 Å². The van der Waals surface area contributed by atoms with Gasteiger partial charge in [-0.3, -0.25) is 0 Å². The Labute approximate surface area is 102 Å². The summed E-state index contributed by atoms with van der Waals surface area (Å²) in [6.45, 7) is 6.44.